The fraction of sp³-hybridized carbons (Fsp3) is 0.667. The van der Waals surface area contributed by atoms with Crippen LogP contribution in [0.15, 0.2) is 0 Å². The van der Waals surface area contributed by atoms with Crippen molar-refractivity contribution in [3.8, 4) is 0 Å². The van der Waals surface area contributed by atoms with Crippen LogP contribution in [0.5, 0.6) is 0 Å². The summed E-state index contributed by atoms with van der Waals surface area (Å²) in [6, 6.07) is 0.198. The Morgan fingerprint density at radius 3 is 2.90 bits per heavy atom. The van der Waals surface area contributed by atoms with Gasteiger partial charge >= 0.3 is 0 Å². The van der Waals surface area contributed by atoms with Crippen molar-refractivity contribution in [2.45, 2.75) is 18.9 Å². The highest BCUT2D eigenvalue weighted by atomic mass is 32.1. The van der Waals surface area contributed by atoms with Crippen LogP contribution in [0, 0.1) is 0 Å². The van der Waals surface area contributed by atoms with Crippen LogP contribution in [-0.2, 0) is 4.74 Å². The number of methoxy groups -OCH3 is 1. The van der Waals surface area contributed by atoms with Crippen LogP contribution in [0.3, 0.4) is 0 Å². The van der Waals surface area contributed by atoms with Gasteiger partial charge in [-0.25, -0.2) is 4.98 Å². The van der Waals surface area contributed by atoms with E-state index in [0.717, 1.165) is 12.8 Å². The average Bonchev–Trinajstić information content (AvgIpc) is 2.80. The minimum absolute atomic E-state index is 0.0494. The second kappa shape index (κ2) is 6.87. The molecule has 0 aromatic carbocycles. The molecule has 20 heavy (non-hydrogen) atoms. The number of nitrogens with zero attached hydrogens (tertiary/aromatic N) is 2. The zero-order valence-electron chi connectivity index (χ0n) is 11.6. The molecule has 2 heterocycles. The van der Waals surface area contributed by atoms with Crippen molar-refractivity contribution < 1.29 is 9.53 Å². The first-order valence-electron chi connectivity index (χ1n) is 6.65. The summed E-state index contributed by atoms with van der Waals surface area (Å²) in [6.45, 7) is 2.58. The predicted molar refractivity (Wildman–Crippen MR) is 80.0 cm³/mol. The monoisotopic (exact) mass is 299 g/mol. The number of nitrogens with one attached hydrogen (secondary N) is 1. The number of likely N-dealkylation sites (tertiary alicyclic amines) is 1. The number of hydrogen-bond donors (Lipinski definition) is 3. The number of aromatic nitrogens is 1. The molecule has 112 valence electrons. The van der Waals surface area contributed by atoms with Gasteiger partial charge in [-0.3, -0.25) is 4.79 Å². The normalized spacial score (nSPS) is 16.4. The third-order valence-corrected chi connectivity index (χ3v) is 4.27. The first-order valence-corrected chi connectivity index (χ1v) is 7.47. The molecule has 0 spiro atoms. The van der Waals surface area contributed by atoms with Gasteiger partial charge < -0.3 is 26.4 Å². The zero-order valence-corrected chi connectivity index (χ0v) is 12.4. The number of carbonyl (C=O) groups excluding carboxylic acids is 1. The number of ether oxygens (including phenoxy) is 1. The summed E-state index contributed by atoms with van der Waals surface area (Å²) in [6.07, 6.45) is 1.67. The molecule has 2 rings (SSSR count). The van der Waals surface area contributed by atoms with E-state index in [1.54, 1.807) is 12.0 Å². The first-order chi connectivity index (χ1) is 9.61. The summed E-state index contributed by atoms with van der Waals surface area (Å²) >= 11 is 1.29. The minimum Gasteiger partial charge on any atom is -0.383 e. The van der Waals surface area contributed by atoms with Gasteiger partial charge in [-0.1, -0.05) is 11.3 Å². The molecule has 1 aliphatic heterocycles. The van der Waals surface area contributed by atoms with Gasteiger partial charge in [0.25, 0.3) is 5.91 Å². The van der Waals surface area contributed by atoms with Crippen LogP contribution in [0.25, 0.3) is 0 Å². The molecule has 0 saturated carbocycles. The number of nitrogen functional groups attached to an aromatic ring is 1. The molecule has 0 atom stereocenters. The van der Waals surface area contributed by atoms with Crippen molar-refractivity contribution >= 4 is 28.2 Å². The lowest BCUT2D eigenvalue weighted by molar-refractivity contribution is 0.0720. The number of carbonyl (C=O) groups is 1. The number of nitrogens with two attached hydrogens (primary N) is 2. The molecule has 1 aliphatic rings. The zero-order chi connectivity index (χ0) is 14.5. The van der Waals surface area contributed by atoms with Crippen LogP contribution in [0.4, 0.5) is 10.9 Å². The summed E-state index contributed by atoms with van der Waals surface area (Å²) < 4.78 is 4.95. The Morgan fingerprint density at radius 1 is 1.55 bits per heavy atom. The number of amides is 1. The summed E-state index contributed by atoms with van der Waals surface area (Å²) in [4.78, 5) is 18.9. The Bertz CT molecular complexity index is 457. The van der Waals surface area contributed by atoms with Gasteiger partial charge in [0, 0.05) is 32.8 Å². The largest absolute Gasteiger partial charge is 0.383 e. The van der Waals surface area contributed by atoms with E-state index in [4.69, 9.17) is 16.2 Å². The fourth-order valence-electron chi connectivity index (χ4n) is 2.07. The number of hydrogen-bond acceptors (Lipinski definition) is 7. The molecule has 0 radical (unpaired) electrons. The van der Waals surface area contributed by atoms with Crippen LogP contribution in [0.1, 0.15) is 22.5 Å². The van der Waals surface area contributed by atoms with Gasteiger partial charge in [0.15, 0.2) is 5.13 Å². The SMILES string of the molecule is COCCNc1nc(N)c(C(=O)N2CCC(N)CC2)s1. The minimum atomic E-state index is -0.0494. The maximum atomic E-state index is 12.4. The van der Waals surface area contributed by atoms with Gasteiger partial charge in [-0.2, -0.15) is 0 Å². The number of thiazole rings is 1. The number of anilines is 2. The molecule has 5 N–H and O–H groups in total. The van der Waals surface area contributed by atoms with E-state index >= 15 is 0 Å². The number of piperidine rings is 1. The molecule has 1 amide bonds. The summed E-state index contributed by atoms with van der Waals surface area (Å²) in [7, 11) is 1.63. The van der Waals surface area contributed by atoms with Crippen LogP contribution >= 0.6 is 11.3 Å². The summed E-state index contributed by atoms with van der Waals surface area (Å²) in [5, 5.41) is 3.73. The quantitative estimate of drug-likeness (QED) is 0.677. The van der Waals surface area contributed by atoms with E-state index < -0.39 is 0 Å². The highest BCUT2D eigenvalue weighted by molar-refractivity contribution is 7.18. The maximum Gasteiger partial charge on any atom is 0.267 e. The van der Waals surface area contributed by atoms with Crippen molar-refractivity contribution in [3.63, 3.8) is 0 Å². The standard InChI is InChI=1S/C12H21N5O2S/c1-19-7-4-15-12-16-10(14)9(20-12)11(18)17-5-2-8(13)3-6-17/h8H,2-7,13-14H2,1H3,(H,15,16). The fourth-order valence-corrected chi connectivity index (χ4v) is 2.95. The van der Waals surface area contributed by atoms with E-state index in [2.05, 4.69) is 10.3 Å². The molecular weight excluding hydrogens is 278 g/mol. The van der Waals surface area contributed by atoms with Crippen molar-refractivity contribution in [1.29, 1.82) is 0 Å². The molecule has 7 nitrogen and oxygen atoms in total. The average molecular weight is 299 g/mol. The van der Waals surface area contributed by atoms with E-state index in [0.29, 0.717) is 36.2 Å². The van der Waals surface area contributed by atoms with E-state index in [1.807, 2.05) is 0 Å². The van der Waals surface area contributed by atoms with Gasteiger partial charge in [-0.15, -0.1) is 0 Å². The summed E-state index contributed by atoms with van der Waals surface area (Å²) in [5.41, 5.74) is 11.7. The Kier molecular flexibility index (Phi) is 5.16. The molecule has 0 bridgehead atoms. The molecule has 0 aliphatic carbocycles. The van der Waals surface area contributed by atoms with Crippen molar-refractivity contribution in [1.82, 2.24) is 9.88 Å². The van der Waals surface area contributed by atoms with Crippen LogP contribution < -0.4 is 16.8 Å². The Balaban J connectivity index is 1.99. The third-order valence-electron chi connectivity index (χ3n) is 3.26. The van der Waals surface area contributed by atoms with Crippen molar-refractivity contribution in [2.24, 2.45) is 5.73 Å². The molecule has 0 unspecified atom stereocenters. The van der Waals surface area contributed by atoms with Gasteiger partial charge in [-0.05, 0) is 12.8 Å². The second-order valence-electron chi connectivity index (χ2n) is 4.78. The Morgan fingerprint density at radius 2 is 2.25 bits per heavy atom. The van der Waals surface area contributed by atoms with E-state index in [9.17, 15) is 4.79 Å². The van der Waals surface area contributed by atoms with E-state index in [1.165, 1.54) is 11.3 Å². The van der Waals surface area contributed by atoms with Gasteiger partial charge in [0.1, 0.15) is 10.7 Å². The van der Waals surface area contributed by atoms with Crippen molar-refractivity contribution in [3.05, 3.63) is 4.88 Å². The smallest absolute Gasteiger partial charge is 0.267 e. The lowest BCUT2D eigenvalue weighted by Gasteiger charge is -2.29. The second-order valence-corrected chi connectivity index (χ2v) is 5.78. The topological polar surface area (TPSA) is 106 Å². The van der Waals surface area contributed by atoms with Gasteiger partial charge in [0.2, 0.25) is 0 Å². The van der Waals surface area contributed by atoms with Crippen LogP contribution in [0.2, 0.25) is 0 Å². The maximum absolute atomic E-state index is 12.4. The summed E-state index contributed by atoms with van der Waals surface area (Å²) in [5.74, 6) is 0.237. The first kappa shape index (κ1) is 15.0. The third kappa shape index (κ3) is 3.59. The van der Waals surface area contributed by atoms with Crippen LogP contribution in [-0.4, -0.2) is 55.2 Å². The molecule has 1 aromatic rings. The molecule has 1 fully saturated rings. The molecular formula is C12H21N5O2S. The lowest BCUT2D eigenvalue weighted by Crippen LogP contribution is -2.42. The van der Waals surface area contributed by atoms with Gasteiger partial charge in [0.05, 0.1) is 6.61 Å². The molecule has 8 heteroatoms. The lowest BCUT2D eigenvalue weighted by atomic mass is 10.1. The molecule has 1 saturated heterocycles. The van der Waals surface area contributed by atoms with E-state index in [-0.39, 0.29) is 17.8 Å². The Labute approximate surface area is 122 Å². The highest BCUT2D eigenvalue weighted by Gasteiger charge is 2.25. The highest BCUT2D eigenvalue weighted by Crippen LogP contribution is 2.27. The van der Waals surface area contributed by atoms with Crippen molar-refractivity contribution in [2.75, 3.05) is 44.4 Å². The predicted octanol–water partition coefficient (Wildman–Crippen LogP) is 0.347. The Hall–Kier alpha value is -1.38. The molecule has 1 aromatic heterocycles. The number of rotatable bonds is 5.